The third-order valence-corrected chi connectivity index (χ3v) is 2.45. The van der Waals surface area contributed by atoms with E-state index in [1.54, 1.807) is 19.1 Å². The predicted octanol–water partition coefficient (Wildman–Crippen LogP) is 3.02. The Hall–Kier alpha value is -2.92. The second-order valence-electron chi connectivity index (χ2n) is 3.92. The van der Waals surface area contributed by atoms with Gasteiger partial charge in [-0.05, 0) is 37.3 Å². The maximum atomic E-state index is 13.0. The summed E-state index contributed by atoms with van der Waals surface area (Å²) >= 11 is 0. The van der Waals surface area contributed by atoms with Crippen LogP contribution in [0, 0.1) is 35.4 Å². The number of nitrogens with one attached hydrogen (secondary N) is 1. The molecular weight excluding hydrogens is 243 g/mol. The normalized spacial score (nSPS) is 9.47. The van der Waals surface area contributed by atoms with Crippen molar-refractivity contribution in [3.05, 3.63) is 53.0 Å². The SMILES string of the molecule is Cc1cc(C#N)cc(Nc2ccc(F)cc2C#N)n1. The summed E-state index contributed by atoms with van der Waals surface area (Å²) in [5.41, 5.74) is 1.78. The third-order valence-electron chi connectivity index (χ3n) is 2.45. The molecule has 92 valence electrons. The Balaban J connectivity index is 2.40. The first-order chi connectivity index (χ1) is 9.12. The molecule has 19 heavy (non-hydrogen) atoms. The third kappa shape index (κ3) is 2.85. The molecule has 0 unspecified atom stereocenters. The maximum Gasteiger partial charge on any atom is 0.131 e. The van der Waals surface area contributed by atoms with Crippen LogP contribution in [0.3, 0.4) is 0 Å². The van der Waals surface area contributed by atoms with Gasteiger partial charge in [-0.15, -0.1) is 0 Å². The van der Waals surface area contributed by atoms with Crippen molar-refractivity contribution in [2.75, 3.05) is 5.32 Å². The number of anilines is 2. The lowest BCUT2D eigenvalue weighted by molar-refractivity contribution is 0.627. The lowest BCUT2D eigenvalue weighted by Crippen LogP contribution is -1.98. The molecule has 0 aliphatic carbocycles. The molecule has 0 saturated heterocycles. The van der Waals surface area contributed by atoms with Crippen molar-refractivity contribution in [1.29, 1.82) is 10.5 Å². The second kappa shape index (κ2) is 5.16. The molecular formula is C14H9FN4. The number of hydrogen-bond acceptors (Lipinski definition) is 4. The van der Waals surface area contributed by atoms with Gasteiger partial charge in [-0.3, -0.25) is 0 Å². The smallest absolute Gasteiger partial charge is 0.131 e. The number of nitriles is 2. The van der Waals surface area contributed by atoms with Crippen LogP contribution in [0.1, 0.15) is 16.8 Å². The van der Waals surface area contributed by atoms with E-state index >= 15 is 0 Å². The van der Waals surface area contributed by atoms with Crippen molar-refractivity contribution >= 4 is 11.5 Å². The quantitative estimate of drug-likeness (QED) is 0.891. The average Bonchev–Trinajstić information content (AvgIpc) is 2.40. The summed E-state index contributed by atoms with van der Waals surface area (Å²) in [6.07, 6.45) is 0. The van der Waals surface area contributed by atoms with Crippen LogP contribution in [-0.4, -0.2) is 4.98 Å². The number of hydrogen-bond donors (Lipinski definition) is 1. The number of aromatic nitrogens is 1. The Kier molecular flexibility index (Phi) is 3.40. The van der Waals surface area contributed by atoms with Crippen molar-refractivity contribution in [2.24, 2.45) is 0 Å². The van der Waals surface area contributed by atoms with E-state index in [0.717, 1.165) is 6.07 Å². The van der Waals surface area contributed by atoms with Gasteiger partial charge in [0.05, 0.1) is 22.9 Å². The monoisotopic (exact) mass is 252 g/mol. The molecule has 1 heterocycles. The molecule has 0 saturated carbocycles. The van der Waals surface area contributed by atoms with Gasteiger partial charge in [-0.1, -0.05) is 0 Å². The van der Waals surface area contributed by atoms with Crippen LogP contribution in [-0.2, 0) is 0 Å². The van der Waals surface area contributed by atoms with E-state index in [1.807, 2.05) is 12.1 Å². The molecule has 2 rings (SSSR count). The van der Waals surface area contributed by atoms with Gasteiger partial charge in [0.2, 0.25) is 0 Å². The Morgan fingerprint density at radius 3 is 2.63 bits per heavy atom. The van der Waals surface area contributed by atoms with Gasteiger partial charge in [0, 0.05) is 5.69 Å². The molecule has 0 aliphatic heterocycles. The van der Waals surface area contributed by atoms with Crippen LogP contribution in [0.2, 0.25) is 0 Å². The van der Waals surface area contributed by atoms with E-state index in [0.29, 0.717) is 22.8 Å². The maximum absolute atomic E-state index is 13.0. The fraction of sp³-hybridized carbons (Fsp3) is 0.0714. The van der Waals surface area contributed by atoms with Gasteiger partial charge in [0.15, 0.2) is 0 Å². The Morgan fingerprint density at radius 2 is 1.95 bits per heavy atom. The molecule has 0 atom stereocenters. The number of rotatable bonds is 2. The summed E-state index contributed by atoms with van der Waals surface area (Å²) in [7, 11) is 0. The zero-order valence-corrected chi connectivity index (χ0v) is 10.1. The molecule has 5 heteroatoms. The predicted molar refractivity (Wildman–Crippen MR) is 68.1 cm³/mol. The summed E-state index contributed by atoms with van der Waals surface area (Å²) in [4.78, 5) is 4.21. The van der Waals surface area contributed by atoms with E-state index in [1.165, 1.54) is 12.1 Å². The van der Waals surface area contributed by atoms with Crippen LogP contribution in [0.25, 0.3) is 0 Å². The molecule has 0 bridgehead atoms. The van der Waals surface area contributed by atoms with Crippen molar-refractivity contribution in [2.45, 2.75) is 6.92 Å². The molecule has 4 nitrogen and oxygen atoms in total. The fourth-order valence-electron chi connectivity index (χ4n) is 1.65. The first-order valence-corrected chi connectivity index (χ1v) is 5.48. The first-order valence-electron chi connectivity index (χ1n) is 5.48. The Bertz CT molecular complexity index is 710. The number of pyridine rings is 1. The van der Waals surface area contributed by atoms with E-state index in [-0.39, 0.29) is 5.56 Å². The van der Waals surface area contributed by atoms with Crippen LogP contribution in [0.4, 0.5) is 15.9 Å². The van der Waals surface area contributed by atoms with Crippen molar-refractivity contribution in [3.63, 3.8) is 0 Å². The molecule has 1 N–H and O–H groups in total. The molecule has 2 aromatic rings. The highest BCUT2D eigenvalue weighted by Gasteiger charge is 2.06. The first kappa shape index (κ1) is 12.5. The van der Waals surface area contributed by atoms with Crippen molar-refractivity contribution in [1.82, 2.24) is 4.98 Å². The molecule has 0 aliphatic rings. The minimum atomic E-state index is -0.475. The van der Waals surface area contributed by atoms with Crippen LogP contribution < -0.4 is 5.32 Å². The Labute approximate surface area is 109 Å². The largest absolute Gasteiger partial charge is 0.339 e. The molecule has 0 amide bonds. The van der Waals surface area contributed by atoms with Gasteiger partial charge < -0.3 is 5.32 Å². The summed E-state index contributed by atoms with van der Waals surface area (Å²) in [6.45, 7) is 1.77. The average molecular weight is 252 g/mol. The highest BCUT2D eigenvalue weighted by molar-refractivity contribution is 5.65. The van der Waals surface area contributed by atoms with E-state index in [4.69, 9.17) is 10.5 Å². The van der Waals surface area contributed by atoms with Gasteiger partial charge in [-0.2, -0.15) is 10.5 Å². The molecule has 0 radical (unpaired) electrons. The number of halogens is 1. The van der Waals surface area contributed by atoms with Crippen LogP contribution in [0.5, 0.6) is 0 Å². The van der Waals surface area contributed by atoms with Gasteiger partial charge in [0.1, 0.15) is 17.7 Å². The summed E-state index contributed by atoms with van der Waals surface area (Å²) in [6, 6.07) is 11.0. The fourth-order valence-corrected chi connectivity index (χ4v) is 1.65. The lowest BCUT2D eigenvalue weighted by atomic mass is 10.2. The number of benzene rings is 1. The molecule has 0 fully saturated rings. The van der Waals surface area contributed by atoms with Crippen LogP contribution in [0.15, 0.2) is 30.3 Å². The summed E-state index contributed by atoms with van der Waals surface area (Å²) in [5, 5.41) is 20.7. The van der Waals surface area contributed by atoms with Crippen LogP contribution >= 0.6 is 0 Å². The van der Waals surface area contributed by atoms with Crippen molar-refractivity contribution in [3.8, 4) is 12.1 Å². The van der Waals surface area contributed by atoms with E-state index < -0.39 is 5.82 Å². The topological polar surface area (TPSA) is 72.5 Å². The van der Waals surface area contributed by atoms with Gasteiger partial charge in [-0.25, -0.2) is 9.37 Å². The summed E-state index contributed by atoms with van der Waals surface area (Å²) < 4.78 is 13.0. The number of nitrogens with zero attached hydrogens (tertiary/aromatic N) is 3. The Morgan fingerprint density at radius 1 is 1.16 bits per heavy atom. The minimum Gasteiger partial charge on any atom is -0.339 e. The van der Waals surface area contributed by atoms with Crippen molar-refractivity contribution < 1.29 is 4.39 Å². The lowest BCUT2D eigenvalue weighted by Gasteiger charge is -2.08. The van der Waals surface area contributed by atoms with Gasteiger partial charge in [0.25, 0.3) is 0 Å². The summed E-state index contributed by atoms with van der Waals surface area (Å²) in [5.74, 6) is -0.0309. The second-order valence-corrected chi connectivity index (χ2v) is 3.92. The zero-order valence-electron chi connectivity index (χ0n) is 10.1. The highest BCUT2D eigenvalue weighted by atomic mass is 19.1. The number of aryl methyl sites for hydroxylation is 1. The standard InChI is InChI=1S/C14H9FN4/c1-9-4-10(7-16)5-14(18-9)19-13-3-2-12(15)6-11(13)8-17/h2-6H,1H3,(H,18,19). The minimum absolute atomic E-state index is 0.182. The zero-order chi connectivity index (χ0) is 13.8. The van der Waals surface area contributed by atoms with Gasteiger partial charge >= 0.3 is 0 Å². The molecule has 1 aromatic heterocycles. The molecule has 0 spiro atoms. The van der Waals surface area contributed by atoms with E-state index in [2.05, 4.69) is 10.3 Å². The van der Waals surface area contributed by atoms with E-state index in [9.17, 15) is 4.39 Å². The molecule has 1 aromatic carbocycles. The highest BCUT2D eigenvalue weighted by Crippen LogP contribution is 2.21.